The molecule has 0 aromatic heterocycles. The van der Waals surface area contributed by atoms with Gasteiger partial charge in [0.05, 0.1) is 0 Å². The van der Waals surface area contributed by atoms with Crippen LogP contribution in [0.25, 0.3) is 0 Å². The molecule has 0 fully saturated rings. The zero-order chi connectivity index (χ0) is 11.3. The van der Waals surface area contributed by atoms with Gasteiger partial charge in [-0.15, -0.1) is 0 Å². The van der Waals surface area contributed by atoms with E-state index in [1.807, 2.05) is 0 Å². The third kappa shape index (κ3) is 4.66. The topological polar surface area (TPSA) is 12.0 Å². The molecule has 0 bridgehead atoms. The zero-order valence-corrected chi connectivity index (χ0v) is 12.4. The van der Waals surface area contributed by atoms with Crippen molar-refractivity contribution >= 4 is 31.9 Å². The Kier molecular flexibility index (Phi) is 5.87. The van der Waals surface area contributed by atoms with Crippen molar-refractivity contribution < 1.29 is 0 Å². The zero-order valence-electron chi connectivity index (χ0n) is 9.19. The molecule has 0 amide bonds. The molecule has 1 nitrogen and oxygen atoms in total. The Morgan fingerprint density at radius 1 is 1.33 bits per heavy atom. The molecule has 0 spiro atoms. The average Bonchev–Trinajstić information content (AvgIpc) is 2.21. The van der Waals surface area contributed by atoms with Crippen molar-refractivity contribution in [3.8, 4) is 0 Å². The van der Waals surface area contributed by atoms with Crippen molar-refractivity contribution in [2.24, 2.45) is 5.92 Å². The molecule has 1 atom stereocenters. The summed E-state index contributed by atoms with van der Waals surface area (Å²) in [6.07, 6.45) is 1.23. The number of rotatable bonds is 5. The largest absolute Gasteiger partial charge is 0.312 e. The normalized spacial score (nSPS) is 12.8. The Labute approximate surface area is 109 Å². The summed E-state index contributed by atoms with van der Waals surface area (Å²) in [5.41, 5.74) is 1.31. The van der Waals surface area contributed by atoms with Gasteiger partial charge in [-0.2, -0.15) is 0 Å². The smallest absolute Gasteiger partial charge is 0.0231 e. The molecule has 0 aliphatic carbocycles. The van der Waals surface area contributed by atoms with Crippen LogP contribution < -0.4 is 5.32 Å². The van der Waals surface area contributed by atoms with Crippen LogP contribution in [0.3, 0.4) is 0 Å². The predicted molar refractivity (Wildman–Crippen MR) is 73.0 cm³/mol. The van der Waals surface area contributed by atoms with Crippen molar-refractivity contribution in [1.82, 2.24) is 5.32 Å². The summed E-state index contributed by atoms with van der Waals surface area (Å²) in [5.74, 6) is 0.749. The number of benzene rings is 1. The molecule has 3 heteroatoms. The highest BCUT2D eigenvalue weighted by Crippen LogP contribution is 2.21. The van der Waals surface area contributed by atoms with Crippen molar-refractivity contribution in [3.63, 3.8) is 0 Å². The molecular formula is C12H17Br2N. The number of halogens is 2. The van der Waals surface area contributed by atoms with Crippen molar-refractivity contribution in [2.75, 3.05) is 6.54 Å². The fourth-order valence-corrected chi connectivity index (χ4v) is 2.45. The fraction of sp³-hybridized carbons (Fsp3) is 0.500. The van der Waals surface area contributed by atoms with Crippen LogP contribution in [-0.4, -0.2) is 6.54 Å². The highest BCUT2D eigenvalue weighted by atomic mass is 79.9. The summed E-state index contributed by atoms with van der Waals surface area (Å²) in [5, 5.41) is 3.47. The van der Waals surface area contributed by atoms with E-state index in [1.54, 1.807) is 0 Å². The molecule has 1 aromatic carbocycles. The second kappa shape index (κ2) is 6.66. The van der Waals surface area contributed by atoms with Gasteiger partial charge in [-0.05, 0) is 30.2 Å². The average molecular weight is 335 g/mol. The van der Waals surface area contributed by atoms with Gasteiger partial charge in [-0.1, -0.05) is 58.2 Å². The number of nitrogens with one attached hydrogen (secondary N) is 1. The number of hydrogen-bond acceptors (Lipinski definition) is 1. The molecule has 0 heterocycles. The Hall–Kier alpha value is 0.140. The van der Waals surface area contributed by atoms with Crippen LogP contribution in [0.2, 0.25) is 0 Å². The minimum atomic E-state index is 0.749. The Morgan fingerprint density at radius 2 is 2.07 bits per heavy atom. The van der Waals surface area contributed by atoms with E-state index < -0.39 is 0 Å². The van der Waals surface area contributed by atoms with Gasteiger partial charge in [0.2, 0.25) is 0 Å². The standard InChI is InChI=1S/C12H17Br2N/c1-3-9(2)7-15-8-10-4-5-11(13)6-12(10)14/h4-6,9,15H,3,7-8H2,1-2H3. The van der Waals surface area contributed by atoms with E-state index in [4.69, 9.17) is 0 Å². The van der Waals surface area contributed by atoms with Crippen molar-refractivity contribution in [2.45, 2.75) is 26.8 Å². The number of hydrogen-bond donors (Lipinski definition) is 1. The molecule has 15 heavy (non-hydrogen) atoms. The summed E-state index contributed by atoms with van der Waals surface area (Å²) in [7, 11) is 0. The van der Waals surface area contributed by atoms with Crippen LogP contribution >= 0.6 is 31.9 Å². The van der Waals surface area contributed by atoms with Crippen LogP contribution in [0, 0.1) is 5.92 Å². The SMILES string of the molecule is CCC(C)CNCc1ccc(Br)cc1Br. The first-order valence-electron chi connectivity index (χ1n) is 5.28. The van der Waals surface area contributed by atoms with E-state index in [9.17, 15) is 0 Å². The molecular weight excluding hydrogens is 318 g/mol. The molecule has 0 aliphatic rings. The van der Waals surface area contributed by atoms with E-state index in [1.165, 1.54) is 12.0 Å². The minimum Gasteiger partial charge on any atom is -0.312 e. The molecule has 1 unspecified atom stereocenters. The Morgan fingerprint density at radius 3 is 2.67 bits per heavy atom. The van der Waals surface area contributed by atoms with Gasteiger partial charge in [-0.3, -0.25) is 0 Å². The second-order valence-corrected chi connectivity index (χ2v) is 5.65. The van der Waals surface area contributed by atoms with Gasteiger partial charge in [-0.25, -0.2) is 0 Å². The summed E-state index contributed by atoms with van der Waals surface area (Å²) in [6, 6.07) is 6.29. The maximum atomic E-state index is 3.56. The van der Waals surface area contributed by atoms with Gasteiger partial charge in [0, 0.05) is 15.5 Å². The minimum absolute atomic E-state index is 0.749. The van der Waals surface area contributed by atoms with Crippen LogP contribution in [0.1, 0.15) is 25.8 Å². The monoisotopic (exact) mass is 333 g/mol. The van der Waals surface area contributed by atoms with Crippen molar-refractivity contribution in [3.05, 3.63) is 32.7 Å². The first kappa shape index (κ1) is 13.2. The maximum Gasteiger partial charge on any atom is 0.0231 e. The summed E-state index contributed by atoms with van der Waals surface area (Å²) in [4.78, 5) is 0. The fourth-order valence-electron chi connectivity index (χ4n) is 1.26. The second-order valence-electron chi connectivity index (χ2n) is 3.88. The van der Waals surface area contributed by atoms with Crippen LogP contribution in [-0.2, 0) is 6.54 Å². The Balaban J connectivity index is 2.44. The van der Waals surface area contributed by atoms with Crippen molar-refractivity contribution in [1.29, 1.82) is 0 Å². The van der Waals surface area contributed by atoms with Gasteiger partial charge >= 0.3 is 0 Å². The molecule has 0 radical (unpaired) electrons. The molecule has 0 saturated heterocycles. The summed E-state index contributed by atoms with van der Waals surface area (Å²) in [6.45, 7) is 6.50. The molecule has 1 aromatic rings. The maximum absolute atomic E-state index is 3.56. The molecule has 1 rings (SSSR count). The van der Waals surface area contributed by atoms with E-state index >= 15 is 0 Å². The lowest BCUT2D eigenvalue weighted by molar-refractivity contribution is 0.499. The van der Waals surface area contributed by atoms with Gasteiger partial charge in [0.15, 0.2) is 0 Å². The van der Waals surface area contributed by atoms with Crippen LogP contribution in [0.15, 0.2) is 27.1 Å². The molecule has 0 saturated carbocycles. The molecule has 0 aliphatic heterocycles. The van der Waals surface area contributed by atoms with Crippen LogP contribution in [0.5, 0.6) is 0 Å². The summed E-state index contributed by atoms with van der Waals surface area (Å²) < 4.78 is 2.27. The third-order valence-electron chi connectivity index (χ3n) is 2.52. The molecule has 1 N–H and O–H groups in total. The highest BCUT2D eigenvalue weighted by molar-refractivity contribution is 9.11. The van der Waals surface area contributed by atoms with E-state index in [0.717, 1.165) is 28.0 Å². The first-order chi connectivity index (χ1) is 7.13. The van der Waals surface area contributed by atoms with Crippen LogP contribution in [0.4, 0.5) is 0 Å². The quantitative estimate of drug-likeness (QED) is 0.844. The van der Waals surface area contributed by atoms with E-state index in [-0.39, 0.29) is 0 Å². The summed E-state index contributed by atoms with van der Waals surface area (Å²) >= 11 is 7.01. The highest BCUT2D eigenvalue weighted by Gasteiger charge is 2.01. The van der Waals surface area contributed by atoms with Gasteiger partial charge in [0.1, 0.15) is 0 Å². The van der Waals surface area contributed by atoms with Gasteiger partial charge < -0.3 is 5.32 Å². The van der Waals surface area contributed by atoms with Gasteiger partial charge in [0.25, 0.3) is 0 Å². The predicted octanol–water partition coefficient (Wildman–Crippen LogP) is 4.35. The lowest BCUT2D eigenvalue weighted by Crippen LogP contribution is -2.20. The molecule has 84 valence electrons. The third-order valence-corrected chi connectivity index (χ3v) is 3.75. The van der Waals surface area contributed by atoms with E-state index in [2.05, 4.69) is 69.2 Å². The van der Waals surface area contributed by atoms with E-state index in [0.29, 0.717) is 0 Å². The lowest BCUT2D eigenvalue weighted by atomic mass is 10.1. The lowest BCUT2D eigenvalue weighted by Gasteiger charge is -2.11. The first-order valence-corrected chi connectivity index (χ1v) is 6.86. The Bertz CT molecular complexity index is 312.